The van der Waals surface area contributed by atoms with Gasteiger partial charge < -0.3 is 9.64 Å². The number of aromatic nitrogens is 4. The Kier molecular flexibility index (Phi) is 3.88. The zero-order valence-corrected chi connectivity index (χ0v) is 13.9. The number of aromatic amines is 1. The second kappa shape index (κ2) is 6.05. The maximum Gasteiger partial charge on any atom is 0.260 e. The van der Waals surface area contributed by atoms with Gasteiger partial charge in [0.1, 0.15) is 5.75 Å². The number of nitrogens with one attached hydrogen (secondary N) is 1. The normalized spacial score (nSPS) is 21.7. The maximum atomic E-state index is 12.3. The molecule has 1 saturated heterocycles. The van der Waals surface area contributed by atoms with Crippen LogP contribution >= 0.6 is 11.6 Å². The van der Waals surface area contributed by atoms with Crippen LogP contribution in [0.5, 0.6) is 5.75 Å². The lowest BCUT2D eigenvalue weighted by atomic mass is 9.90. The van der Waals surface area contributed by atoms with Crippen LogP contribution in [0.1, 0.15) is 31.0 Å². The molecule has 7 nitrogen and oxygen atoms in total. The highest BCUT2D eigenvalue weighted by Gasteiger charge is 2.57. The van der Waals surface area contributed by atoms with Crippen molar-refractivity contribution in [3.8, 4) is 5.75 Å². The smallest absolute Gasteiger partial charge is 0.260 e. The molecule has 4 rings (SSSR count). The fraction of sp³-hybridized carbons (Fsp3) is 0.500. The summed E-state index contributed by atoms with van der Waals surface area (Å²) in [5, 5.41) is 15.0. The van der Waals surface area contributed by atoms with E-state index in [2.05, 4.69) is 20.6 Å². The van der Waals surface area contributed by atoms with Crippen molar-refractivity contribution in [3.05, 3.63) is 35.1 Å². The predicted octanol–water partition coefficient (Wildman–Crippen LogP) is 2.03. The number of hydrogen-bond donors (Lipinski definition) is 1. The molecule has 1 unspecified atom stereocenters. The number of piperidine rings is 1. The van der Waals surface area contributed by atoms with Gasteiger partial charge in [-0.15, -0.1) is 10.2 Å². The van der Waals surface area contributed by atoms with E-state index in [0.29, 0.717) is 16.7 Å². The lowest BCUT2D eigenvalue weighted by molar-refractivity contribution is -0.135. The number of amides is 1. The summed E-state index contributed by atoms with van der Waals surface area (Å²) in [5.41, 5.74) is 0.262. The van der Waals surface area contributed by atoms with Gasteiger partial charge >= 0.3 is 0 Å². The first-order valence-corrected chi connectivity index (χ1v) is 8.44. The van der Waals surface area contributed by atoms with Crippen LogP contribution in [-0.4, -0.2) is 51.1 Å². The fourth-order valence-electron chi connectivity index (χ4n) is 3.55. The van der Waals surface area contributed by atoms with E-state index in [-0.39, 0.29) is 17.9 Å². The molecule has 1 aromatic heterocycles. The van der Waals surface area contributed by atoms with Crippen molar-refractivity contribution in [2.24, 2.45) is 5.41 Å². The van der Waals surface area contributed by atoms with Crippen LogP contribution in [-0.2, 0) is 4.79 Å². The molecule has 2 aromatic rings. The number of rotatable bonds is 4. The average molecular weight is 348 g/mol. The minimum Gasteiger partial charge on any atom is -0.484 e. The van der Waals surface area contributed by atoms with E-state index in [9.17, 15) is 4.79 Å². The molecule has 2 aliphatic rings. The van der Waals surface area contributed by atoms with Gasteiger partial charge in [-0.05, 0) is 48.9 Å². The number of hydrogen-bond acceptors (Lipinski definition) is 5. The summed E-state index contributed by atoms with van der Waals surface area (Å²) in [6.45, 7) is 1.58. The molecule has 2 heterocycles. The largest absolute Gasteiger partial charge is 0.484 e. The molecule has 1 amide bonds. The van der Waals surface area contributed by atoms with Gasteiger partial charge in [-0.1, -0.05) is 16.8 Å². The number of carbonyl (C=O) groups is 1. The summed E-state index contributed by atoms with van der Waals surface area (Å²) in [7, 11) is 0. The number of likely N-dealkylation sites (tertiary alicyclic amines) is 1. The van der Waals surface area contributed by atoms with Crippen LogP contribution in [0.2, 0.25) is 5.02 Å². The Hall–Kier alpha value is -2.15. The Morgan fingerprint density at radius 2 is 2.08 bits per heavy atom. The molecule has 1 aliphatic heterocycles. The molecule has 8 heteroatoms. The Labute approximate surface area is 144 Å². The summed E-state index contributed by atoms with van der Waals surface area (Å²) < 4.78 is 5.54. The third kappa shape index (κ3) is 2.96. The van der Waals surface area contributed by atoms with Crippen LogP contribution in [0.3, 0.4) is 0 Å². The summed E-state index contributed by atoms with van der Waals surface area (Å²) in [4.78, 5) is 14.2. The van der Waals surface area contributed by atoms with Crippen LogP contribution in [0.15, 0.2) is 24.3 Å². The molecule has 126 valence electrons. The second-order valence-electron chi connectivity index (χ2n) is 6.51. The fourth-order valence-corrected chi connectivity index (χ4v) is 3.68. The lowest BCUT2D eigenvalue weighted by Crippen LogP contribution is -2.41. The molecular weight excluding hydrogens is 330 g/mol. The SMILES string of the molecule is O=C(COc1ccc(Cl)cc1)N1CCC2(CC1)CC2c1nn[nH]n1. The molecule has 0 radical (unpaired) electrons. The van der Waals surface area contributed by atoms with Crippen molar-refractivity contribution < 1.29 is 9.53 Å². The maximum absolute atomic E-state index is 12.3. The Morgan fingerprint density at radius 1 is 1.33 bits per heavy atom. The highest BCUT2D eigenvalue weighted by Crippen LogP contribution is 2.64. The Bertz CT molecular complexity index is 711. The number of ether oxygens (including phenoxy) is 1. The first kappa shape index (κ1) is 15.4. The monoisotopic (exact) mass is 347 g/mol. The number of halogens is 1. The van der Waals surface area contributed by atoms with E-state index in [1.54, 1.807) is 24.3 Å². The van der Waals surface area contributed by atoms with Crippen molar-refractivity contribution in [2.45, 2.75) is 25.2 Å². The third-order valence-corrected chi connectivity index (χ3v) is 5.40. The third-order valence-electron chi connectivity index (χ3n) is 5.15. The highest BCUT2D eigenvalue weighted by molar-refractivity contribution is 6.30. The molecule has 1 aliphatic carbocycles. The van der Waals surface area contributed by atoms with Crippen LogP contribution < -0.4 is 4.74 Å². The molecule has 1 aromatic carbocycles. The van der Waals surface area contributed by atoms with Crippen molar-refractivity contribution in [3.63, 3.8) is 0 Å². The average Bonchev–Trinajstić information content (AvgIpc) is 3.05. The molecule has 1 saturated carbocycles. The number of tetrazole rings is 1. The lowest BCUT2D eigenvalue weighted by Gasteiger charge is -2.32. The Balaban J connectivity index is 1.27. The van der Waals surface area contributed by atoms with Gasteiger partial charge in [0, 0.05) is 24.0 Å². The minimum absolute atomic E-state index is 0.0246. The van der Waals surface area contributed by atoms with Gasteiger partial charge in [0.25, 0.3) is 5.91 Å². The second-order valence-corrected chi connectivity index (χ2v) is 6.95. The van der Waals surface area contributed by atoms with Crippen LogP contribution in [0.25, 0.3) is 0 Å². The van der Waals surface area contributed by atoms with E-state index in [1.165, 1.54) is 0 Å². The molecular formula is C16H18ClN5O2. The molecule has 2 fully saturated rings. The zero-order chi connectivity index (χ0) is 16.6. The zero-order valence-electron chi connectivity index (χ0n) is 13.1. The van der Waals surface area contributed by atoms with Crippen LogP contribution in [0, 0.1) is 5.41 Å². The first-order valence-electron chi connectivity index (χ1n) is 8.06. The van der Waals surface area contributed by atoms with Gasteiger partial charge in [0.2, 0.25) is 0 Å². The van der Waals surface area contributed by atoms with Crippen molar-refractivity contribution in [1.82, 2.24) is 25.5 Å². The van der Waals surface area contributed by atoms with Gasteiger partial charge in [-0.25, -0.2) is 0 Å². The van der Waals surface area contributed by atoms with Gasteiger partial charge in [-0.2, -0.15) is 5.21 Å². The van der Waals surface area contributed by atoms with Crippen molar-refractivity contribution in [1.29, 1.82) is 0 Å². The summed E-state index contributed by atoms with van der Waals surface area (Å²) in [5.74, 6) is 1.87. The highest BCUT2D eigenvalue weighted by atomic mass is 35.5. The number of nitrogens with zero attached hydrogens (tertiary/aromatic N) is 4. The summed E-state index contributed by atoms with van der Waals surface area (Å²) >= 11 is 5.83. The van der Waals surface area contributed by atoms with Gasteiger partial charge in [0.05, 0.1) is 0 Å². The number of carbonyl (C=O) groups excluding carboxylic acids is 1. The van der Waals surface area contributed by atoms with E-state index in [4.69, 9.17) is 16.3 Å². The van der Waals surface area contributed by atoms with E-state index in [1.807, 2.05) is 4.90 Å². The van der Waals surface area contributed by atoms with E-state index < -0.39 is 0 Å². The molecule has 1 atom stereocenters. The summed E-state index contributed by atoms with van der Waals surface area (Å²) in [6.07, 6.45) is 3.06. The van der Waals surface area contributed by atoms with E-state index in [0.717, 1.165) is 38.2 Å². The van der Waals surface area contributed by atoms with E-state index >= 15 is 0 Å². The predicted molar refractivity (Wildman–Crippen MR) is 86.7 cm³/mol. The van der Waals surface area contributed by atoms with Crippen molar-refractivity contribution >= 4 is 17.5 Å². The molecule has 0 bridgehead atoms. The van der Waals surface area contributed by atoms with Crippen LogP contribution in [0.4, 0.5) is 0 Å². The molecule has 1 spiro atoms. The Morgan fingerprint density at radius 3 is 2.75 bits per heavy atom. The quantitative estimate of drug-likeness (QED) is 0.914. The topological polar surface area (TPSA) is 84.0 Å². The summed E-state index contributed by atoms with van der Waals surface area (Å²) in [6, 6.07) is 7.02. The van der Waals surface area contributed by atoms with Gasteiger partial charge in [-0.3, -0.25) is 4.79 Å². The van der Waals surface area contributed by atoms with Crippen molar-refractivity contribution in [2.75, 3.05) is 19.7 Å². The van der Waals surface area contributed by atoms with Gasteiger partial charge in [0.15, 0.2) is 12.4 Å². The first-order chi connectivity index (χ1) is 11.7. The standard InChI is InChI=1S/C16H18ClN5O2/c17-11-1-3-12(4-2-11)24-10-14(23)22-7-5-16(6-8-22)9-13(16)15-18-20-21-19-15/h1-4,13H,5-10H2,(H,18,19,20,21). The minimum atomic E-state index is 0.0246. The number of H-pyrrole nitrogens is 1. The molecule has 24 heavy (non-hydrogen) atoms. The number of benzene rings is 1. The molecule has 1 N–H and O–H groups in total.